The van der Waals surface area contributed by atoms with E-state index in [0.717, 1.165) is 0 Å². The second-order valence-electron chi connectivity index (χ2n) is 7.16. The lowest BCUT2D eigenvalue weighted by Crippen LogP contribution is -2.40. The van der Waals surface area contributed by atoms with E-state index in [2.05, 4.69) is 0 Å². The standard InChI is InChI=1S/C19H36O6/c1-4-15(17(21)22)10-6-8-12-19(25,14(3)20)13-9-7-11-16(5-2)18(23)24/h14-16,20,25H,4-13H2,1-3H3,(H,21,22)(H,23,24). The number of carbonyl (C=O) groups is 2. The van der Waals surface area contributed by atoms with Crippen LogP contribution in [0.25, 0.3) is 0 Å². The van der Waals surface area contributed by atoms with Gasteiger partial charge in [-0.05, 0) is 45.4 Å². The Labute approximate surface area is 151 Å². The molecule has 0 spiro atoms. The predicted octanol–water partition coefficient (Wildman–Crippen LogP) is 3.44. The molecule has 6 nitrogen and oxygen atoms in total. The van der Waals surface area contributed by atoms with Crippen LogP contribution < -0.4 is 0 Å². The molecular formula is C19H36O6. The van der Waals surface area contributed by atoms with Crippen LogP contribution in [0.4, 0.5) is 0 Å². The van der Waals surface area contributed by atoms with Crippen LogP contribution >= 0.6 is 0 Å². The number of carboxylic acid groups (broad SMARTS) is 2. The minimum Gasteiger partial charge on any atom is -0.481 e. The Morgan fingerprint density at radius 2 is 1.20 bits per heavy atom. The molecule has 148 valence electrons. The van der Waals surface area contributed by atoms with Crippen molar-refractivity contribution in [1.29, 1.82) is 0 Å². The van der Waals surface area contributed by atoms with Gasteiger partial charge < -0.3 is 20.4 Å². The number of aliphatic hydroxyl groups is 2. The zero-order chi connectivity index (χ0) is 19.5. The van der Waals surface area contributed by atoms with Crippen LogP contribution in [-0.4, -0.2) is 44.1 Å². The van der Waals surface area contributed by atoms with E-state index in [1.54, 1.807) is 6.92 Å². The fraction of sp³-hybridized carbons (Fsp3) is 0.895. The van der Waals surface area contributed by atoms with Gasteiger partial charge in [0.1, 0.15) is 0 Å². The van der Waals surface area contributed by atoms with Crippen LogP contribution in [-0.2, 0) is 9.59 Å². The number of hydrogen-bond acceptors (Lipinski definition) is 4. The van der Waals surface area contributed by atoms with Crippen LogP contribution in [0.1, 0.15) is 85.0 Å². The molecule has 0 radical (unpaired) electrons. The number of aliphatic carboxylic acids is 2. The Morgan fingerprint density at radius 1 is 0.840 bits per heavy atom. The van der Waals surface area contributed by atoms with E-state index >= 15 is 0 Å². The molecule has 0 saturated heterocycles. The molecule has 0 aliphatic heterocycles. The number of hydrogen-bond donors (Lipinski definition) is 4. The Morgan fingerprint density at radius 3 is 1.44 bits per heavy atom. The average Bonchev–Trinajstić information content (AvgIpc) is 2.53. The lowest BCUT2D eigenvalue weighted by atomic mass is 9.84. The van der Waals surface area contributed by atoms with Gasteiger partial charge in [0.05, 0.1) is 23.5 Å². The molecule has 0 bridgehead atoms. The molecule has 0 heterocycles. The number of aliphatic hydroxyl groups excluding tert-OH is 1. The van der Waals surface area contributed by atoms with Gasteiger partial charge in [-0.25, -0.2) is 0 Å². The highest BCUT2D eigenvalue weighted by atomic mass is 16.4. The van der Waals surface area contributed by atoms with E-state index in [1.165, 1.54) is 0 Å². The molecule has 4 N–H and O–H groups in total. The summed E-state index contributed by atoms with van der Waals surface area (Å²) in [7, 11) is 0. The Balaban J connectivity index is 4.27. The Hall–Kier alpha value is -1.14. The predicted molar refractivity (Wildman–Crippen MR) is 96.4 cm³/mol. The van der Waals surface area contributed by atoms with Crippen molar-refractivity contribution in [3.05, 3.63) is 0 Å². The maximum Gasteiger partial charge on any atom is 0.306 e. The summed E-state index contributed by atoms with van der Waals surface area (Å²) < 4.78 is 0. The number of rotatable bonds is 15. The lowest BCUT2D eigenvalue weighted by Gasteiger charge is -2.31. The highest BCUT2D eigenvalue weighted by molar-refractivity contribution is 5.70. The van der Waals surface area contributed by atoms with Gasteiger partial charge in [-0.15, -0.1) is 0 Å². The highest BCUT2D eigenvalue weighted by Gasteiger charge is 2.31. The van der Waals surface area contributed by atoms with Gasteiger partial charge in [-0.2, -0.15) is 0 Å². The van der Waals surface area contributed by atoms with Gasteiger partial charge in [0, 0.05) is 0 Å². The van der Waals surface area contributed by atoms with Crippen LogP contribution in [0.5, 0.6) is 0 Å². The van der Waals surface area contributed by atoms with E-state index in [-0.39, 0.29) is 11.8 Å². The molecule has 6 heteroatoms. The smallest absolute Gasteiger partial charge is 0.306 e. The average molecular weight is 360 g/mol. The van der Waals surface area contributed by atoms with Crippen molar-refractivity contribution in [3.63, 3.8) is 0 Å². The molecule has 0 aliphatic carbocycles. The van der Waals surface area contributed by atoms with Crippen LogP contribution in [0, 0.1) is 11.8 Å². The normalized spacial score (nSPS) is 17.5. The zero-order valence-corrected chi connectivity index (χ0v) is 15.9. The molecule has 25 heavy (non-hydrogen) atoms. The van der Waals surface area contributed by atoms with Gasteiger partial charge in [-0.1, -0.05) is 39.5 Å². The molecule has 0 amide bonds. The first-order valence-electron chi connectivity index (χ1n) is 9.53. The third kappa shape index (κ3) is 9.21. The SMILES string of the molecule is CCC(CCCCC(O)(CCCCC(CC)C(=O)O)C(C)O)C(=O)O. The summed E-state index contributed by atoms with van der Waals surface area (Å²) in [4.78, 5) is 22.0. The maximum atomic E-state index is 11.0. The summed E-state index contributed by atoms with van der Waals surface area (Å²) in [6.07, 6.45) is 5.08. The van der Waals surface area contributed by atoms with Crippen LogP contribution in [0.3, 0.4) is 0 Å². The van der Waals surface area contributed by atoms with Crippen molar-refractivity contribution in [3.8, 4) is 0 Å². The summed E-state index contributed by atoms with van der Waals surface area (Å²) in [5, 5.41) is 38.7. The molecule has 0 aromatic rings. The minimum atomic E-state index is -1.18. The van der Waals surface area contributed by atoms with Crippen molar-refractivity contribution >= 4 is 11.9 Å². The second-order valence-corrected chi connectivity index (χ2v) is 7.16. The minimum absolute atomic E-state index is 0.346. The fourth-order valence-electron chi connectivity index (χ4n) is 3.19. The maximum absolute atomic E-state index is 11.0. The molecule has 3 unspecified atom stereocenters. The largest absolute Gasteiger partial charge is 0.481 e. The molecule has 3 atom stereocenters. The summed E-state index contributed by atoms with van der Waals surface area (Å²) in [6, 6.07) is 0. The van der Waals surface area contributed by atoms with E-state index in [9.17, 15) is 19.8 Å². The van der Waals surface area contributed by atoms with Crippen molar-refractivity contribution < 1.29 is 30.0 Å². The van der Waals surface area contributed by atoms with Gasteiger partial charge in [0.2, 0.25) is 0 Å². The molecule has 0 aromatic carbocycles. The third-order valence-electron chi connectivity index (χ3n) is 5.29. The highest BCUT2D eigenvalue weighted by Crippen LogP contribution is 2.27. The first-order valence-corrected chi connectivity index (χ1v) is 9.53. The molecule has 0 aliphatic rings. The van der Waals surface area contributed by atoms with Crippen molar-refractivity contribution in [2.75, 3.05) is 0 Å². The summed E-state index contributed by atoms with van der Waals surface area (Å²) >= 11 is 0. The molecular weight excluding hydrogens is 324 g/mol. The molecule has 0 saturated carbocycles. The zero-order valence-electron chi connectivity index (χ0n) is 15.9. The molecule has 0 rings (SSSR count). The van der Waals surface area contributed by atoms with E-state index in [1.807, 2.05) is 13.8 Å². The summed E-state index contributed by atoms with van der Waals surface area (Å²) in [5.41, 5.74) is -1.18. The second kappa shape index (κ2) is 12.3. The summed E-state index contributed by atoms with van der Waals surface area (Å²) in [5.74, 6) is -2.25. The fourth-order valence-corrected chi connectivity index (χ4v) is 3.19. The molecule has 0 fully saturated rings. The quantitative estimate of drug-likeness (QED) is 0.333. The van der Waals surface area contributed by atoms with Gasteiger partial charge >= 0.3 is 11.9 Å². The lowest BCUT2D eigenvalue weighted by molar-refractivity contribution is -0.143. The Bertz CT molecular complexity index is 363. The number of carboxylic acids is 2. The Kier molecular flexibility index (Phi) is 11.7. The van der Waals surface area contributed by atoms with Gasteiger partial charge in [0.15, 0.2) is 0 Å². The summed E-state index contributed by atoms with van der Waals surface area (Å²) in [6.45, 7) is 5.27. The first-order chi connectivity index (χ1) is 11.7. The number of unbranched alkanes of at least 4 members (excludes halogenated alkanes) is 2. The molecule has 0 aromatic heterocycles. The third-order valence-corrected chi connectivity index (χ3v) is 5.29. The van der Waals surface area contributed by atoms with Gasteiger partial charge in [0.25, 0.3) is 0 Å². The van der Waals surface area contributed by atoms with Crippen LogP contribution in [0.2, 0.25) is 0 Å². The topological polar surface area (TPSA) is 115 Å². The monoisotopic (exact) mass is 360 g/mol. The first kappa shape index (κ1) is 23.9. The van der Waals surface area contributed by atoms with E-state index < -0.39 is 23.6 Å². The van der Waals surface area contributed by atoms with E-state index in [4.69, 9.17) is 10.2 Å². The van der Waals surface area contributed by atoms with E-state index in [0.29, 0.717) is 64.2 Å². The van der Waals surface area contributed by atoms with Crippen molar-refractivity contribution in [2.24, 2.45) is 11.8 Å². The van der Waals surface area contributed by atoms with Gasteiger partial charge in [-0.3, -0.25) is 9.59 Å². The van der Waals surface area contributed by atoms with Crippen LogP contribution in [0.15, 0.2) is 0 Å². The van der Waals surface area contributed by atoms with Crippen molar-refractivity contribution in [2.45, 2.75) is 96.7 Å². The van der Waals surface area contributed by atoms with Crippen molar-refractivity contribution in [1.82, 2.24) is 0 Å².